The lowest BCUT2D eigenvalue weighted by Gasteiger charge is -2.38. The highest BCUT2D eigenvalue weighted by atomic mass is 16.5. The maximum absolute atomic E-state index is 5.75. The van der Waals surface area contributed by atoms with E-state index in [0.717, 1.165) is 6.54 Å². The number of hydrogen-bond acceptors (Lipinski definition) is 3. The molecule has 0 spiro atoms. The van der Waals surface area contributed by atoms with Crippen molar-refractivity contribution in [3.8, 4) is 0 Å². The third kappa shape index (κ3) is 4.07. The number of methoxy groups -OCH3 is 1. The summed E-state index contributed by atoms with van der Waals surface area (Å²) >= 11 is 0. The molecule has 0 aromatic rings. The molecule has 0 rings (SSSR count). The summed E-state index contributed by atoms with van der Waals surface area (Å²) in [6.45, 7) is 8.92. The van der Waals surface area contributed by atoms with Crippen LogP contribution in [0.1, 0.15) is 20.8 Å². The van der Waals surface area contributed by atoms with Gasteiger partial charge in [0, 0.05) is 20.2 Å². The van der Waals surface area contributed by atoms with Crippen molar-refractivity contribution < 1.29 is 4.74 Å². The van der Waals surface area contributed by atoms with Gasteiger partial charge in [0.25, 0.3) is 0 Å². The smallest absolute Gasteiger partial charge is 0.0656 e. The molecule has 0 aliphatic rings. The number of hydrogen-bond donors (Lipinski definition) is 1. The monoisotopic (exact) mass is 188 g/mol. The molecule has 0 radical (unpaired) electrons. The fourth-order valence-corrected chi connectivity index (χ4v) is 1.40. The minimum atomic E-state index is -0.0287. The SMILES string of the molecule is COCC(C)(CN)N(C)CC(C)C. The summed E-state index contributed by atoms with van der Waals surface area (Å²) in [6.07, 6.45) is 0. The molecule has 0 saturated carbocycles. The van der Waals surface area contributed by atoms with Gasteiger partial charge in [-0.25, -0.2) is 0 Å². The van der Waals surface area contributed by atoms with Gasteiger partial charge in [0.15, 0.2) is 0 Å². The van der Waals surface area contributed by atoms with Crippen LogP contribution in [-0.2, 0) is 4.74 Å². The van der Waals surface area contributed by atoms with Crippen LogP contribution in [0.2, 0.25) is 0 Å². The minimum absolute atomic E-state index is 0.0287. The van der Waals surface area contributed by atoms with Crippen molar-refractivity contribution in [3.63, 3.8) is 0 Å². The molecule has 0 aromatic heterocycles. The second-order valence-corrected chi connectivity index (χ2v) is 4.41. The van der Waals surface area contributed by atoms with E-state index in [-0.39, 0.29) is 5.54 Å². The average molecular weight is 188 g/mol. The molecule has 80 valence electrons. The zero-order valence-corrected chi connectivity index (χ0v) is 9.63. The van der Waals surface area contributed by atoms with Gasteiger partial charge in [0.2, 0.25) is 0 Å². The van der Waals surface area contributed by atoms with E-state index in [1.165, 1.54) is 0 Å². The summed E-state index contributed by atoms with van der Waals surface area (Å²) < 4.78 is 5.18. The molecule has 0 aliphatic heterocycles. The van der Waals surface area contributed by atoms with Gasteiger partial charge in [-0.2, -0.15) is 0 Å². The van der Waals surface area contributed by atoms with Crippen LogP contribution >= 0.6 is 0 Å². The molecule has 13 heavy (non-hydrogen) atoms. The first-order valence-electron chi connectivity index (χ1n) is 4.86. The lowest BCUT2D eigenvalue weighted by molar-refractivity contribution is 0.0373. The molecule has 0 fully saturated rings. The number of rotatable bonds is 6. The topological polar surface area (TPSA) is 38.5 Å². The molecular formula is C10H24N2O. The first-order valence-corrected chi connectivity index (χ1v) is 4.86. The van der Waals surface area contributed by atoms with Crippen LogP contribution in [0.25, 0.3) is 0 Å². The van der Waals surface area contributed by atoms with E-state index in [1.54, 1.807) is 7.11 Å². The second-order valence-electron chi connectivity index (χ2n) is 4.41. The predicted octanol–water partition coefficient (Wildman–Crippen LogP) is 0.938. The lowest BCUT2D eigenvalue weighted by Crippen LogP contribution is -2.53. The van der Waals surface area contributed by atoms with Crippen LogP contribution in [-0.4, -0.2) is 44.3 Å². The Hall–Kier alpha value is -0.120. The summed E-state index contributed by atoms with van der Waals surface area (Å²) in [5, 5.41) is 0. The first kappa shape index (κ1) is 12.9. The van der Waals surface area contributed by atoms with Gasteiger partial charge in [0.05, 0.1) is 12.1 Å². The number of nitrogens with zero attached hydrogens (tertiary/aromatic N) is 1. The van der Waals surface area contributed by atoms with Crippen molar-refractivity contribution >= 4 is 0 Å². The highest BCUT2D eigenvalue weighted by molar-refractivity contribution is 4.85. The van der Waals surface area contributed by atoms with E-state index in [4.69, 9.17) is 10.5 Å². The Morgan fingerprint density at radius 3 is 2.31 bits per heavy atom. The number of ether oxygens (including phenoxy) is 1. The largest absolute Gasteiger partial charge is 0.383 e. The third-order valence-corrected chi connectivity index (χ3v) is 2.46. The standard InChI is InChI=1S/C10H24N2O/c1-9(2)6-12(4)10(3,7-11)8-13-5/h9H,6-8,11H2,1-5H3. The van der Waals surface area contributed by atoms with Crippen molar-refractivity contribution in [1.29, 1.82) is 0 Å². The first-order chi connectivity index (χ1) is 5.96. The van der Waals surface area contributed by atoms with Gasteiger partial charge in [-0.1, -0.05) is 13.8 Å². The molecule has 3 nitrogen and oxygen atoms in total. The molecule has 2 N–H and O–H groups in total. The lowest BCUT2D eigenvalue weighted by atomic mass is 10.0. The predicted molar refractivity (Wildman–Crippen MR) is 56.8 cm³/mol. The van der Waals surface area contributed by atoms with E-state index >= 15 is 0 Å². The van der Waals surface area contributed by atoms with E-state index in [0.29, 0.717) is 19.1 Å². The zero-order valence-electron chi connectivity index (χ0n) is 9.63. The van der Waals surface area contributed by atoms with Crippen LogP contribution in [0.3, 0.4) is 0 Å². The molecular weight excluding hydrogens is 164 g/mol. The Bertz CT molecular complexity index is 139. The van der Waals surface area contributed by atoms with Gasteiger partial charge in [-0.05, 0) is 19.9 Å². The van der Waals surface area contributed by atoms with Gasteiger partial charge in [0.1, 0.15) is 0 Å². The summed E-state index contributed by atoms with van der Waals surface area (Å²) in [5.74, 6) is 0.660. The Morgan fingerprint density at radius 2 is 2.00 bits per heavy atom. The molecule has 1 atom stereocenters. The molecule has 0 aliphatic carbocycles. The fraction of sp³-hybridized carbons (Fsp3) is 1.00. The van der Waals surface area contributed by atoms with Crippen LogP contribution in [0.15, 0.2) is 0 Å². The minimum Gasteiger partial charge on any atom is -0.383 e. The Balaban J connectivity index is 4.19. The second kappa shape index (κ2) is 5.58. The van der Waals surface area contributed by atoms with Gasteiger partial charge >= 0.3 is 0 Å². The molecule has 0 bridgehead atoms. The maximum atomic E-state index is 5.75. The van der Waals surface area contributed by atoms with Crippen molar-refractivity contribution in [3.05, 3.63) is 0 Å². The fourth-order valence-electron chi connectivity index (χ4n) is 1.40. The Labute approximate surface area is 82.2 Å². The average Bonchev–Trinajstić information content (AvgIpc) is 2.03. The summed E-state index contributed by atoms with van der Waals surface area (Å²) in [7, 11) is 3.82. The third-order valence-electron chi connectivity index (χ3n) is 2.46. The van der Waals surface area contributed by atoms with Crippen molar-refractivity contribution in [1.82, 2.24) is 4.90 Å². The summed E-state index contributed by atoms with van der Waals surface area (Å²) in [4.78, 5) is 2.28. The van der Waals surface area contributed by atoms with E-state index < -0.39 is 0 Å². The normalized spacial score (nSPS) is 16.6. The van der Waals surface area contributed by atoms with E-state index in [9.17, 15) is 0 Å². The molecule has 0 saturated heterocycles. The van der Waals surface area contributed by atoms with Crippen LogP contribution < -0.4 is 5.73 Å². The highest BCUT2D eigenvalue weighted by Crippen LogP contribution is 2.13. The molecule has 1 unspecified atom stereocenters. The molecule has 0 aromatic carbocycles. The van der Waals surface area contributed by atoms with Crippen molar-refractivity contribution in [2.75, 3.05) is 33.9 Å². The Kier molecular flexibility index (Phi) is 5.53. The van der Waals surface area contributed by atoms with Crippen LogP contribution in [0, 0.1) is 5.92 Å². The van der Waals surface area contributed by atoms with E-state index in [2.05, 4.69) is 32.7 Å². The summed E-state index contributed by atoms with van der Waals surface area (Å²) in [5.41, 5.74) is 5.72. The highest BCUT2D eigenvalue weighted by Gasteiger charge is 2.27. The van der Waals surface area contributed by atoms with Crippen LogP contribution in [0.4, 0.5) is 0 Å². The van der Waals surface area contributed by atoms with Crippen molar-refractivity contribution in [2.24, 2.45) is 11.7 Å². The van der Waals surface area contributed by atoms with Gasteiger partial charge in [-0.15, -0.1) is 0 Å². The van der Waals surface area contributed by atoms with Gasteiger partial charge < -0.3 is 10.5 Å². The number of nitrogens with two attached hydrogens (primary N) is 1. The quantitative estimate of drug-likeness (QED) is 0.674. The summed E-state index contributed by atoms with van der Waals surface area (Å²) in [6, 6.07) is 0. The molecule has 3 heteroatoms. The molecule has 0 amide bonds. The number of likely N-dealkylation sites (N-methyl/N-ethyl adjacent to an activating group) is 1. The zero-order chi connectivity index (χ0) is 10.5. The van der Waals surface area contributed by atoms with Crippen molar-refractivity contribution in [2.45, 2.75) is 26.3 Å². The van der Waals surface area contributed by atoms with Crippen LogP contribution in [0.5, 0.6) is 0 Å². The Morgan fingerprint density at radius 1 is 1.46 bits per heavy atom. The van der Waals surface area contributed by atoms with E-state index in [1.807, 2.05) is 0 Å². The molecule has 0 heterocycles. The maximum Gasteiger partial charge on any atom is 0.0656 e. The van der Waals surface area contributed by atoms with Gasteiger partial charge in [-0.3, -0.25) is 4.90 Å².